The second-order valence-corrected chi connectivity index (χ2v) is 6.38. The second kappa shape index (κ2) is 8.94. The van der Waals surface area contributed by atoms with Crippen molar-refractivity contribution in [2.75, 3.05) is 11.9 Å². The minimum Gasteiger partial charge on any atom is -0.352 e. The molecule has 2 aromatic heterocycles. The van der Waals surface area contributed by atoms with E-state index in [1.807, 2.05) is 37.3 Å². The minimum absolute atomic E-state index is 0.0849. The third kappa shape index (κ3) is 4.43. The maximum absolute atomic E-state index is 12.7. The summed E-state index contributed by atoms with van der Waals surface area (Å²) in [6, 6.07) is 12.9. The molecule has 0 saturated heterocycles. The summed E-state index contributed by atoms with van der Waals surface area (Å²) in [5.74, 6) is -0.550. The summed E-state index contributed by atoms with van der Waals surface area (Å²) in [5.41, 5.74) is 1.28. The van der Waals surface area contributed by atoms with Crippen LogP contribution in [0.25, 0.3) is 5.65 Å². The normalized spacial score (nSPS) is 10.6. The Hall–Kier alpha value is -3.48. The number of hydrogen-bond donors (Lipinski definition) is 2. The Labute approximate surface area is 162 Å². The van der Waals surface area contributed by atoms with E-state index in [9.17, 15) is 14.4 Å². The van der Waals surface area contributed by atoms with Crippen molar-refractivity contribution in [1.29, 1.82) is 0 Å². The molecular formula is C21H22N4O3. The minimum atomic E-state index is -0.428. The van der Waals surface area contributed by atoms with Crippen LogP contribution >= 0.6 is 0 Å². The number of aryl methyl sites for hydroxylation is 1. The van der Waals surface area contributed by atoms with Crippen LogP contribution in [-0.2, 0) is 11.2 Å². The summed E-state index contributed by atoms with van der Waals surface area (Å²) < 4.78 is 1.27. The summed E-state index contributed by atoms with van der Waals surface area (Å²) in [7, 11) is 0. The molecule has 7 nitrogen and oxygen atoms in total. The number of nitrogens with one attached hydrogen (secondary N) is 2. The maximum atomic E-state index is 12.7. The topological polar surface area (TPSA) is 92.6 Å². The van der Waals surface area contributed by atoms with Gasteiger partial charge in [-0.2, -0.15) is 0 Å². The molecule has 2 heterocycles. The van der Waals surface area contributed by atoms with Crippen molar-refractivity contribution in [3.63, 3.8) is 0 Å². The number of aromatic nitrogens is 2. The predicted octanol–water partition coefficient (Wildman–Crippen LogP) is 2.41. The van der Waals surface area contributed by atoms with E-state index in [1.54, 1.807) is 12.1 Å². The molecule has 0 fully saturated rings. The molecule has 2 N–H and O–H groups in total. The molecule has 1 aromatic carbocycles. The molecule has 7 heteroatoms. The van der Waals surface area contributed by atoms with Crippen LogP contribution in [0.1, 0.15) is 35.7 Å². The number of fused-ring (bicyclic) bond motifs is 1. The lowest BCUT2D eigenvalue weighted by Crippen LogP contribution is -2.27. The van der Waals surface area contributed by atoms with Gasteiger partial charge >= 0.3 is 0 Å². The molecule has 0 atom stereocenters. The highest BCUT2D eigenvalue weighted by molar-refractivity contribution is 5.99. The highest BCUT2D eigenvalue weighted by atomic mass is 16.2. The van der Waals surface area contributed by atoms with Gasteiger partial charge in [-0.1, -0.05) is 37.3 Å². The largest absolute Gasteiger partial charge is 0.352 e. The fourth-order valence-corrected chi connectivity index (χ4v) is 2.82. The Morgan fingerprint density at radius 2 is 1.89 bits per heavy atom. The Kier molecular flexibility index (Phi) is 6.16. The molecule has 3 aromatic rings. The van der Waals surface area contributed by atoms with Crippen LogP contribution in [0.5, 0.6) is 0 Å². The van der Waals surface area contributed by atoms with Crippen molar-refractivity contribution in [3.8, 4) is 0 Å². The van der Waals surface area contributed by atoms with E-state index >= 15 is 0 Å². The smallest absolute Gasteiger partial charge is 0.281 e. The van der Waals surface area contributed by atoms with Gasteiger partial charge in [0.15, 0.2) is 5.65 Å². The van der Waals surface area contributed by atoms with Crippen LogP contribution < -0.4 is 16.2 Å². The SMILES string of the molecule is CCCNC(=O)c1cccn2c(=O)c(NC(=O)CCc3ccccc3)cnc12. The van der Waals surface area contributed by atoms with Crippen molar-refractivity contribution in [3.05, 3.63) is 76.3 Å². The molecule has 0 spiro atoms. The van der Waals surface area contributed by atoms with E-state index in [0.717, 1.165) is 12.0 Å². The van der Waals surface area contributed by atoms with Gasteiger partial charge in [-0.15, -0.1) is 0 Å². The van der Waals surface area contributed by atoms with Crippen molar-refractivity contribution < 1.29 is 9.59 Å². The van der Waals surface area contributed by atoms with Gasteiger partial charge in [0.1, 0.15) is 5.69 Å². The number of pyridine rings is 1. The van der Waals surface area contributed by atoms with Gasteiger partial charge in [0.25, 0.3) is 11.5 Å². The van der Waals surface area contributed by atoms with E-state index in [1.165, 1.54) is 16.8 Å². The number of carbonyl (C=O) groups is 2. The van der Waals surface area contributed by atoms with E-state index < -0.39 is 5.56 Å². The quantitative estimate of drug-likeness (QED) is 0.660. The Morgan fingerprint density at radius 1 is 1.11 bits per heavy atom. The third-order valence-electron chi connectivity index (χ3n) is 4.27. The summed E-state index contributed by atoms with van der Waals surface area (Å²) in [6.45, 7) is 2.50. The first kappa shape index (κ1) is 19.3. The molecule has 28 heavy (non-hydrogen) atoms. The van der Waals surface area contributed by atoms with Gasteiger partial charge in [0, 0.05) is 19.2 Å². The molecule has 0 aliphatic heterocycles. The van der Waals surface area contributed by atoms with Crippen molar-refractivity contribution in [2.45, 2.75) is 26.2 Å². The van der Waals surface area contributed by atoms with Crippen molar-refractivity contribution in [2.24, 2.45) is 0 Å². The summed E-state index contributed by atoms with van der Waals surface area (Å²) in [4.78, 5) is 41.4. The second-order valence-electron chi connectivity index (χ2n) is 6.38. The maximum Gasteiger partial charge on any atom is 0.281 e. The average Bonchev–Trinajstić information content (AvgIpc) is 2.73. The Bertz CT molecular complexity index is 1040. The zero-order valence-electron chi connectivity index (χ0n) is 15.6. The van der Waals surface area contributed by atoms with Crippen LogP contribution in [0.4, 0.5) is 5.69 Å². The fraction of sp³-hybridized carbons (Fsp3) is 0.238. The zero-order chi connectivity index (χ0) is 19.9. The predicted molar refractivity (Wildman–Crippen MR) is 107 cm³/mol. The number of nitrogens with zero attached hydrogens (tertiary/aromatic N) is 2. The number of rotatable bonds is 7. The highest BCUT2D eigenvalue weighted by Gasteiger charge is 2.14. The molecule has 0 radical (unpaired) electrons. The number of hydrogen-bond acceptors (Lipinski definition) is 4. The van der Waals surface area contributed by atoms with Crippen LogP contribution in [0, 0.1) is 0 Å². The number of amides is 2. The molecule has 0 aliphatic carbocycles. The van der Waals surface area contributed by atoms with Gasteiger partial charge < -0.3 is 10.6 Å². The Morgan fingerprint density at radius 3 is 2.64 bits per heavy atom. The average molecular weight is 378 g/mol. The van der Waals surface area contributed by atoms with E-state index in [4.69, 9.17) is 0 Å². The molecule has 2 amide bonds. The van der Waals surface area contributed by atoms with Crippen LogP contribution in [0.2, 0.25) is 0 Å². The van der Waals surface area contributed by atoms with E-state index in [2.05, 4.69) is 15.6 Å². The summed E-state index contributed by atoms with van der Waals surface area (Å²) in [6.07, 6.45) is 4.47. The lowest BCUT2D eigenvalue weighted by Gasteiger charge is -2.09. The number of anilines is 1. The van der Waals surface area contributed by atoms with Crippen molar-refractivity contribution >= 4 is 23.1 Å². The Balaban J connectivity index is 1.78. The molecular weight excluding hydrogens is 356 g/mol. The summed E-state index contributed by atoms with van der Waals surface area (Å²) >= 11 is 0. The van der Waals surface area contributed by atoms with Crippen LogP contribution in [-0.4, -0.2) is 27.7 Å². The fourth-order valence-electron chi connectivity index (χ4n) is 2.82. The zero-order valence-corrected chi connectivity index (χ0v) is 15.6. The van der Waals surface area contributed by atoms with Gasteiger partial charge in [0.05, 0.1) is 11.8 Å². The first-order valence-corrected chi connectivity index (χ1v) is 9.22. The highest BCUT2D eigenvalue weighted by Crippen LogP contribution is 2.10. The lowest BCUT2D eigenvalue weighted by atomic mass is 10.1. The van der Waals surface area contributed by atoms with Gasteiger partial charge in [0.2, 0.25) is 5.91 Å². The first-order valence-electron chi connectivity index (χ1n) is 9.22. The van der Waals surface area contributed by atoms with E-state index in [0.29, 0.717) is 18.5 Å². The first-order chi connectivity index (χ1) is 13.6. The van der Waals surface area contributed by atoms with Crippen LogP contribution in [0.15, 0.2) is 59.7 Å². The number of benzene rings is 1. The third-order valence-corrected chi connectivity index (χ3v) is 4.27. The van der Waals surface area contributed by atoms with E-state index in [-0.39, 0.29) is 29.6 Å². The molecule has 0 bridgehead atoms. The van der Waals surface area contributed by atoms with Crippen molar-refractivity contribution in [1.82, 2.24) is 14.7 Å². The molecule has 0 unspecified atom stereocenters. The van der Waals surface area contributed by atoms with Gasteiger partial charge in [-0.3, -0.25) is 18.8 Å². The monoisotopic (exact) mass is 378 g/mol. The van der Waals surface area contributed by atoms with Crippen LogP contribution in [0.3, 0.4) is 0 Å². The van der Waals surface area contributed by atoms with Gasteiger partial charge in [-0.25, -0.2) is 4.98 Å². The molecule has 3 rings (SSSR count). The molecule has 0 saturated carbocycles. The van der Waals surface area contributed by atoms with Gasteiger partial charge in [-0.05, 0) is 30.5 Å². The lowest BCUT2D eigenvalue weighted by molar-refractivity contribution is -0.116. The number of carbonyl (C=O) groups excluding carboxylic acids is 2. The summed E-state index contributed by atoms with van der Waals surface area (Å²) in [5, 5.41) is 5.40. The molecule has 144 valence electrons. The standard InChI is InChI=1S/C21H22N4O3/c1-2-12-22-20(27)16-9-6-13-25-19(16)23-14-17(21(25)28)24-18(26)11-10-15-7-4-3-5-8-15/h3-9,13-14H,2,10-12H2,1H3,(H,22,27)(H,24,26). The molecule has 0 aliphatic rings.